The zero-order valence-electron chi connectivity index (χ0n) is 9.11. The molecule has 0 aliphatic carbocycles. The highest BCUT2D eigenvalue weighted by Gasteiger charge is 2.15. The van der Waals surface area contributed by atoms with Gasteiger partial charge in [-0.25, -0.2) is 8.42 Å². The van der Waals surface area contributed by atoms with Gasteiger partial charge in [-0.3, -0.25) is 4.39 Å². The maximum absolute atomic E-state index is 11.8. The number of hydrogen-bond acceptors (Lipinski definition) is 4. The van der Waals surface area contributed by atoms with Gasteiger partial charge in [0.2, 0.25) is 0 Å². The van der Waals surface area contributed by atoms with E-state index in [2.05, 4.69) is 0 Å². The molecular formula is C8H18FNO3S2. The van der Waals surface area contributed by atoms with Gasteiger partial charge in [0.15, 0.2) is 0 Å². The van der Waals surface area contributed by atoms with Crippen LogP contribution in [0.2, 0.25) is 0 Å². The van der Waals surface area contributed by atoms with Crippen LogP contribution in [0.25, 0.3) is 0 Å². The second-order valence-corrected chi connectivity index (χ2v) is 6.69. The van der Waals surface area contributed by atoms with E-state index in [0.717, 1.165) is 12.3 Å². The predicted molar refractivity (Wildman–Crippen MR) is 59.7 cm³/mol. The summed E-state index contributed by atoms with van der Waals surface area (Å²) in [6, 6.07) is 0. The number of rotatable bonds is 8. The van der Waals surface area contributed by atoms with E-state index in [4.69, 9.17) is 0 Å². The molecule has 0 N–H and O–H groups in total. The van der Waals surface area contributed by atoms with Crippen LogP contribution in [-0.4, -0.2) is 68.6 Å². The molecule has 0 aromatic heterocycles. The first-order chi connectivity index (χ1) is 6.77. The van der Waals surface area contributed by atoms with Gasteiger partial charge in [0.1, 0.15) is 10.1 Å². The van der Waals surface area contributed by atoms with Crippen LogP contribution < -0.4 is 0 Å². The Kier molecular flexibility index (Phi) is 6.74. The highest BCUT2D eigenvalue weighted by Crippen LogP contribution is 2.05. The van der Waals surface area contributed by atoms with E-state index in [0.29, 0.717) is 16.8 Å². The molecule has 0 amide bonds. The third-order valence-corrected chi connectivity index (χ3v) is 3.61. The van der Waals surface area contributed by atoms with Crippen LogP contribution in [0.15, 0.2) is 0 Å². The summed E-state index contributed by atoms with van der Waals surface area (Å²) in [5, 5.41) is 0. The van der Waals surface area contributed by atoms with Crippen LogP contribution >= 0.6 is 11.8 Å². The number of hydrogen-bond donors (Lipinski definition) is 0. The normalized spacial score (nSPS) is 13.1. The lowest BCUT2D eigenvalue weighted by Gasteiger charge is -2.30. The molecule has 0 unspecified atom stereocenters. The van der Waals surface area contributed by atoms with Crippen molar-refractivity contribution >= 4 is 21.9 Å². The summed E-state index contributed by atoms with van der Waals surface area (Å²) in [7, 11) is -0.400. The van der Waals surface area contributed by atoms with E-state index >= 15 is 0 Å². The van der Waals surface area contributed by atoms with Gasteiger partial charge in [0, 0.05) is 11.5 Å². The molecule has 0 heterocycles. The molecule has 0 saturated heterocycles. The van der Waals surface area contributed by atoms with Crippen LogP contribution in [0.3, 0.4) is 0 Å². The van der Waals surface area contributed by atoms with E-state index in [1.54, 1.807) is 0 Å². The summed E-state index contributed by atoms with van der Waals surface area (Å²) < 4.78 is 43.5. The smallest absolute Gasteiger partial charge is 0.100 e. The van der Waals surface area contributed by atoms with Gasteiger partial charge >= 0.3 is 0 Å². The quantitative estimate of drug-likeness (QED) is 0.358. The zero-order valence-corrected chi connectivity index (χ0v) is 10.7. The van der Waals surface area contributed by atoms with E-state index in [9.17, 15) is 17.4 Å². The van der Waals surface area contributed by atoms with Gasteiger partial charge in [-0.15, -0.1) is 0 Å². The molecule has 0 aliphatic rings. The van der Waals surface area contributed by atoms with Crippen LogP contribution in [-0.2, 0) is 10.1 Å². The Balaban J connectivity index is 3.77. The van der Waals surface area contributed by atoms with E-state index in [1.165, 1.54) is 11.8 Å². The average molecular weight is 259 g/mol. The molecule has 0 spiro atoms. The summed E-state index contributed by atoms with van der Waals surface area (Å²) >= 11 is 1.50. The van der Waals surface area contributed by atoms with Crippen molar-refractivity contribution in [2.75, 3.05) is 51.1 Å². The van der Waals surface area contributed by atoms with Crippen molar-refractivity contribution in [2.24, 2.45) is 0 Å². The van der Waals surface area contributed by atoms with E-state index < -0.39 is 10.1 Å². The second-order valence-electron chi connectivity index (χ2n) is 3.95. The van der Waals surface area contributed by atoms with E-state index in [1.807, 2.05) is 14.1 Å². The Morgan fingerprint density at radius 3 is 2.33 bits per heavy atom. The third-order valence-electron chi connectivity index (χ3n) is 2.01. The van der Waals surface area contributed by atoms with Crippen LogP contribution in [0.1, 0.15) is 0 Å². The molecule has 0 aliphatic heterocycles. The minimum atomic E-state index is -4.13. The van der Waals surface area contributed by atoms with Gasteiger partial charge in [-0.2, -0.15) is 11.8 Å². The minimum absolute atomic E-state index is 0.308. The lowest BCUT2D eigenvalue weighted by molar-refractivity contribution is -0.885. The standard InChI is InChI=1S/C8H18FNO3S2/c1-10(2,4-7-14-6-3-9)5-8-15(11,12)13/h3-8H2,1-2H3. The fourth-order valence-electron chi connectivity index (χ4n) is 0.939. The Labute approximate surface area is 95.2 Å². The third kappa shape index (κ3) is 10.4. The molecule has 0 radical (unpaired) electrons. The first kappa shape index (κ1) is 15.2. The summed E-state index contributed by atoms with van der Waals surface area (Å²) in [4.78, 5) is 0. The zero-order chi connectivity index (χ0) is 11.9. The molecule has 0 aromatic carbocycles. The lowest BCUT2D eigenvalue weighted by Crippen LogP contribution is -2.44. The maximum Gasteiger partial charge on any atom is 0.100 e. The largest absolute Gasteiger partial charge is 0.748 e. The van der Waals surface area contributed by atoms with Gasteiger partial charge < -0.3 is 9.04 Å². The first-order valence-corrected chi connectivity index (χ1v) is 7.39. The fourth-order valence-corrected chi connectivity index (χ4v) is 2.59. The highest BCUT2D eigenvalue weighted by atomic mass is 32.2. The second kappa shape index (κ2) is 6.67. The fraction of sp³-hybridized carbons (Fsp3) is 1.00. The predicted octanol–water partition coefficient (Wildman–Crippen LogP) is 0.311. The Morgan fingerprint density at radius 2 is 1.87 bits per heavy atom. The Morgan fingerprint density at radius 1 is 1.27 bits per heavy atom. The number of quaternary nitrogens is 1. The Bertz CT molecular complexity index is 267. The van der Waals surface area contributed by atoms with Crippen molar-refractivity contribution in [3.63, 3.8) is 0 Å². The Hall–Kier alpha value is 0.150. The molecule has 0 saturated carbocycles. The van der Waals surface area contributed by atoms with Gasteiger partial charge in [-0.1, -0.05) is 0 Å². The molecular weight excluding hydrogens is 241 g/mol. The number of halogens is 1. The first-order valence-electron chi connectivity index (χ1n) is 4.66. The van der Waals surface area contributed by atoms with Crippen molar-refractivity contribution < 1.29 is 21.8 Å². The van der Waals surface area contributed by atoms with Gasteiger partial charge in [0.25, 0.3) is 0 Å². The molecule has 92 valence electrons. The van der Waals surface area contributed by atoms with Crippen molar-refractivity contribution in [1.82, 2.24) is 0 Å². The molecule has 0 fully saturated rings. The van der Waals surface area contributed by atoms with Crippen LogP contribution in [0.5, 0.6) is 0 Å². The summed E-state index contributed by atoms with van der Waals surface area (Å²) in [5.74, 6) is 0.906. The summed E-state index contributed by atoms with van der Waals surface area (Å²) in [5.41, 5.74) is 0. The molecule has 0 aromatic rings. The molecule has 0 atom stereocenters. The summed E-state index contributed by atoms with van der Waals surface area (Å²) in [6.07, 6.45) is 0. The number of alkyl halides is 1. The van der Waals surface area contributed by atoms with Crippen molar-refractivity contribution in [3.8, 4) is 0 Å². The van der Waals surface area contributed by atoms with Gasteiger partial charge in [-0.05, 0) is 0 Å². The molecule has 0 bridgehead atoms. The maximum atomic E-state index is 11.8. The molecule has 0 rings (SSSR count). The molecule has 4 nitrogen and oxygen atoms in total. The number of thioether (sulfide) groups is 1. The van der Waals surface area contributed by atoms with Crippen LogP contribution in [0.4, 0.5) is 4.39 Å². The number of nitrogens with zero attached hydrogens (tertiary/aromatic N) is 1. The van der Waals surface area contributed by atoms with Crippen LogP contribution in [0, 0.1) is 0 Å². The SMILES string of the molecule is C[N+](C)(CCSCCF)CCS(=O)(=O)[O-]. The monoisotopic (exact) mass is 259 g/mol. The van der Waals surface area contributed by atoms with Crippen molar-refractivity contribution in [1.29, 1.82) is 0 Å². The molecule has 15 heavy (non-hydrogen) atoms. The minimum Gasteiger partial charge on any atom is -0.748 e. The average Bonchev–Trinajstić information content (AvgIpc) is 2.09. The van der Waals surface area contributed by atoms with Gasteiger partial charge in [0.05, 0.1) is 39.6 Å². The van der Waals surface area contributed by atoms with E-state index in [-0.39, 0.29) is 12.4 Å². The van der Waals surface area contributed by atoms with Crippen molar-refractivity contribution in [3.05, 3.63) is 0 Å². The topological polar surface area (TPSA) is 57.2 Å². The van der Waals surface area contributed by atoms with Crippen molar-refractivity contribution in [2.45, 2.75) is 0 Å². The summed E-state index contributed by atoms with van der Waals surface area (Å²) in [6.45, 7) is 0.704. The molecule has 7 heteroatoms. The lowest BCUT2D eigenvalue weighted by atomic mass is 10.5. The highest BCUT2D eigenvalue weighted by molar-refractivity contribution is 7.99.